The lowest BCUT2D eigenvalue weighted by Gasteiger charge is -2.33. The van der Waals surface area contributed by atoms with Crippen LogP contribution in [0.2, 0.25) is 0 Å². The van der Waals surface area contributed by atoms with Gasteiger partial charge in [-0.25, -0.2) is 8.42 Å². The molecule has 0 aromatic heterocycles. The summed E-state index contributed by atoms with van der Waals surface area (Å²) in [5, 5.41) is -0.384. The number of hydrogen-bond donors (Lipinski definition) is 0. The second-order valence-electron chi connectivity index (χ2n) is 5.59. The zero-order valence-electron chi connectivity index (χ0n) is 11.5. The zero-order valence-corrected chi connectivity index (χ0v) is 12.3. The number of benzene rings is 1. The van der Waals surface area contributed by atoms with Crippen molar-refractivity contribution in [3.05, 3.63) is 52.6 Å². The van der Waals surface area contributed by atoms with Crippen LogP contribution in [0.25, 0.3) is 0 Å². The SMILES string of the molecule is Cc1cc(C)c2c(c1C)S(=O)(=O)C1C=CC=CC1C2. The monoisotopic (exact) mass is 274 g/mol. The molecule has 2 unspecified atom stereocenters. The van der Waals surface area contributed by atoms with Gasteiger partial charge in [-0.05, 0) is 49.4 Å². The van der Waals surface area contributed by atoms with Crippen molar-refractivity contribution in [1.82, 2.24) is 0 Å². The van der Waals surface area contributed by atoms with Gasteiger partial charge >= 0.3 is 0 Å². The molecule has 1 aromatic carbocycles. The van der Waals surface area contributed by atoms with E-state index in [2.05, 4.69) is 6.07 Å². The van der Waals surface area contributed by atoms with Crippen molar-refractivity contribution in [2.75, 3.05) is 0 Å². The first kappa shape index (κ1) is 12.7. The first-order chi connectivity index (χ1) is 8.93. The highest BCUT2D eigenvalue weighted by Gasteiger charge is 2.40. The number of sulfone groups is 1. The molecule has 3 rings (SSSR count). The van der Waals surface area contributed by atoms with E-state index in [0.29, 0.717) is 4.90 Å². The van der Waals surface area contributed by atoms with Gasteiger partial charge in [-0.15, -0.1) is 0 Å². The molecule has 1 aromatic rings. The molecule has 100 valence electrons. The van der Waals surface area contributed by atoms with E-state index in [-0.39, 0.29) is 11.2 Å². The van der Waals surface area contributed by atoms with Crippen LogP contribution in [0.4, 0.5) is 0 Å². The third-order valence-corrected chi connectivity index (χ3v) is 6.74. The first-order valence-corrected chi connectivity index (χ1v) is 8.16. The summed E-state index contributed by atoms with van der Waals surface area (Å²) in [6.45, 7) is 5.93. The van der Waals surface area contributed by atoms with Crippen molar-refractivity contribution in [1.29, 1.82) is 0 Å². The van der Waals surface area contributed by atoms with E-state index in [9.17, 15) is 8.42 Å². The molecule has 0 bridgehead atoms. The normalized spacial score (nSPS) is 26.9. The van der Waals surface area contributed by atoms with Gasteiger partial charge in [-0.1, -0.05) is 30.4 Å². The molecule has 0 saturated carbocycles. The van der Waals surface area contributed by atoms with E-state index in [1.165, 1.54) is 0 Å². The minimum Gasteiger partial charge on any atom is -0.223 e. The summed E-state index contributed by atoms with van der Waals surface area (Å²) in [4.78, 5) is 0.589. The first-order valence-electron chi connectivity index (χ1n) is 6.61. The molecule has 19 heavy (non-hydrogen) atoms. The number of hydrogen-bond acceptors (Lipinski definition) is 2. The predicted octanol–water partition coefficient (Wildman–Crippen LogP) is 3.05. The topological polar surface area (TPSA) is 34.1 Å². The van der Waals surface area contributed by atoms with Crippen molar-refractivity contribution in [2.24, 2.45) is 5.92 Å². The third kappa shape index (κ3) is 1.71. The highest BCUT2D eigenvalue weighted by atomic mass is 32.2. The van der Waals surface area contributed by atoms with Gasteiger partial charge in [-0.3, -0.25) is 0 Å². The van der Waals surface area contributed by atoms with Gasteiger partial charge in [-0.2, -0.15) is 0 Å². The fourth-order valence-electron chi connectivity index (χ4n) is 3.27. The summed E-state index contributed by atoms with van der Waals surface area (Å²) in [5.74, 6) is 0.0864. The van der Waals surface area contributed by atoms with Gasteiger partial charge in [0.1, 0.15) is 0 Å². The second kappa shape index (κ2) is 4.07. The van der Waals surface area contributed by atoms with Crippen LogP contribution in [-0.2, 0) is 16.3 Å². The number of rotatable bonds is 0. The molecular weight excluding hydrogens is 256 g/mol. The maximum absolute atomic E-state index is 12.9. The molecule has 0 radical (unpaired) electrons. The second-order valence-corrected chi connectivity index (χ2v) is 7.63. The van der Waals surface area contributed by atoms with Gasteiger partial charge < -0.3 is 0 Å². The van der Waals surface area contributed by atoms with Crippen molar-refractivity contribution >= 4 is 9.84 Å². The Balaban J connectivity index is 2.34. The maximum Gasteiger partial charge on any atom is 0.185 e. The molecule has 0 saturated heterocycles. The minimum absolute atomic E-state index is 0.0864. The van der Waals surface area contributed by atoms with Gasteiger partial charge in [0.05, 0.1) is 10.1 Å². The van der Waals surface area contributed by atoms with Crippen LogP contribution in [0.1, 0.15) is 22.3 Å². The maximum atomic E-state index is 12.9. The Morgan fingerprint density at radius 3 is 2.47 bits per heavy atom. The lowest BCUT2D eigenvalue weighted by Crippen LogP contribution is -2.36. The van der Waals surface area contributed by atoms with Crippen LogP contribution >= 0.6 is 0 Å². The van der Waals surface area contributed by atoms with Gasteiger partial charge in [0.25, 0.3) is 0 Å². The van der Waals surface area contributed by atoms with E-state index < -0.39 is 9.84 Å². The van der Waals surface area contributed by atoms with Crippen LogP contribution in [0.3, 0.4) is 0 Å². The Labute approximate surface area is 114 Å². The summed E-state index contributed by atoms with van der Waals surface area (Å²) < 4.78 is 25.8. The zero-order chi connectivity index (χ0) is 13.8. The Morgan fingerprint density at radius 2 is 1.74 bits per heavy atom. The predicted molar refractivity (Wildman–Crippen MR) is 77.1 cm³/mol. The minimum atomic E-state index is -3.26. The Morgan fingerprint density at radius 1 is 1.05 bits per heavy atom. The van der Waals surface area contributed by atoms with E-state index >= 15 is 0 Å². The molecule has 1 aliphatic heterocycles. The highest BCUT2D eigenvalue weighted by Crippen LogP contribution is 2.40. The lowest BCUT2D eigenvalue weighted by molar-refractivity contribution is 0.539. The smallest absolute Gasteiger partial charge is 0.185 e. The molecule has 0 fully saturated rings. The highest BCUT2D eigenvalue weighted by molar-refractivity contribution is 7.92. The largest absolute Gasteiger partial charge is 0.223 e. The van der Waals surface area contributed by atoms with E-state index in [1.807, 2.05) is 45.1 Å². The van der Waals surface area contributed by atoms with E-state index in [4.69, 9.17) is 0 Å². The molecule has 1 heterocycles. The molecule has 3 heteroatoms. The lowest BCUT2D eigenvalue weighted by atomic mass is 9.88. The number of allylic oxidation sites excluding steroid dienone is 3. The third-order valence-electron chi connectivity index (χ3n) is 4.39. The number of aryl methyl sites for hydroxylation is 2. The fourth-order valence-corrected chi connectivity index (χ4v) is 5.66. The quantitative estimate of drug-likeness (QED) is 0.728. The van der Waals surface area contributed by atoms with Gasteiger partial charge in [0, 0.05) is 5.92 Å². The average Bonchev–Trinajstić information content (AvgIpc) is 2.35. The average molecular weight is 274 g/mol. The summed E-state index contributed by atoms with van der Waals surface area (Å²) in [6, 6.07) is 2.10. The van der Waals surface area contributed by atoms with Crippen LogP contribution in [0, 0.1) is 26.7 Å². The summed E-state index contributed by atoms with van der Waals surface area (Å²) in [6.07, 6.45) is 8.49. The van der Waals surface area contributed by atoms with Gasteiger partial charge in [0.2, 0.25) is 0 Å². The van der Waals surface area contributed by atoms with Crippen molar-refractivity contribution in [2.45, 2.75) is 37.3 Å². The van der Waals surface area contributed by atoms with Crippen molar-refractivity contribution in [3.63, 3.8) is 0 Å². The van der Waals surface area contributed by atoms with Crippen LogP contribution in [0.5, 0.6) is 0 Å². The molecule has 2 aliphatic rings. The van der Waals surface area contributed by atoms with E-state index in [0.717, 1.165) is 28.7 Å². The van der Waals surface area contributed by atoms with Gasteiger partial charge in [0.15, 0.2) is 9.84 Å². The Bertz CT molecular complexity index is 709. The molecule has 1 aliphatic carbocycles. The summed E-state index contributed by atoms with van der Waals surface area (Å²) >= 11 is 0. The van der Waals surface area contributed by atoms with Crippen LogP contribution < -0.4 is 0 Å². The Kier molecular flexibility index (Phi) is 2.72. The number of fused-ring (bicyclic) bond motifs is 2. The standard InChI is InChI=1S/C16H18O2S/c1-10-8-11(2)14-9-13-6-4-5-7-15(13)19(17,18)16(14)12(10)3/h4-8,13,15H,9H2,1-3H3. The molecule has 2 nitrogen and oxygen atoms in total. The summed E-state index contributed by atoms with van der Waals surface area (Å²) in [5.41, 5.74) is 4.10. The molecule has 2 atom stereocenters. The van der Waals surface area contributed by atoms with Crippen LogP contribution in [0.15, 0.2) is 35.3 Å². The molecule has 0 spiro atoms. The van der Waals surface area contributed by atoms with E-state index in [1.54, 1.807) is 0 Å². The Hall–Kier alpha value is -1.35. The molecule has 0 N–H and O–H groups in total. The fraction of sp³-hybridized carbons (Fsp3) is 0.375. The van der Waals surface area contributed by atoms with Crippen molar-refractivity contribution < 1.29 is 8.42 Å². The van der Waals surface area contributed by atoms with Crippen molar-refractivity contribution in [3.8, 4) is 0 Å². The molecular formula is C16H18O2S. The van der Waals surface area contributed by atoms with Crippen LogP contribution in [-0.4, -0.2) is 13.7 Å². The molecule has 0 amide bonds. The summed E-state index contributed by atoms with van der Waals surface area (Å²) in [7, 11) is -3.26.